The molecule has 2 rings (SSSR count). The summed E-state index contributed by atoms with van der Waals surface area (Å²) in [5, 5.41) is 3.99. The minimum absolute atomic E-state index is 0.0557. The van der Waals surface area contributed by atoms with Gasteiger partial charge in [-0.1, -0.05) is 18.5 Å². The minimum Gasteiger partial charge on any atom is -0.309 e. The number of hydrogen-bond donors (Lipinski definition) is 1. The molecule has 0 amide bonds. The van der Waals surface area contributed by atoms with Crippen LogP contribution in [0.5, 0.6) is 0 Å². The van der Waals surface area contributed by atoms with Crippen LogP contribution >= 0.6 is 23.4 Å². The molecule has 1 aliphatic heterocycles. The molecule has 0 saturated heterocycles. The van der Waals surface area contributed by atoms with Gasteiger partial charge in [-0.2, -0.15) is 0 Å². The number of hydrogen-bond acceptors (Lipinski definition) is 2. The number of benzene rings is 1. The molecular weight excluding hydrogens is 257 g/mol. The van der Waals surface area contributed by atoms with Gasteiger partial charge < -0.3 is 5.32 Å². The zero-order valence-electron chi connectivity index (χ0n) is 10.3. The molecule has 1 aromatic carbocycles. The fraction of sp³-hybridized carbons (Fsp3) is 0.538. The first kappa shape index (κ1) is 13.2. The first-order chi connectivity index (χ1) is 7.95. The Hall–Kier alpha value is -0.250. The first-order valence-corrected chi connectivity index (χ1v) is 7.17. The fourth-order valence-electron chi connectivity index (χ4n) is 2.31. The van der Waals surface area contributed by atoms with E-state index in [1.54, 1.807) is 6.07 Å². The van der Waals surface area contributed by atoms with E-state index in [0.29, 0.717) is 5.02 Å². The fourth-order valence-corrected chi connectivity index (χ4v) is 3.88. The standard InChI is InChI=1S/C13H17ClFNS/c1-4-16-12-9-5-8(15)6-11(14)10(9)7-17-13(12,2)3/h5-6,12,16H,4,7H2,1-3H3. The van der Waals surface area contributed by atoms with Crippen LogP contribution in [0.4, 0.5) is 4.39 Å². The molecule has 0 bridgehead atoms. The van der Waals surface area contributed by atoms with Crippen LogP contribution in [0.3, 0.4) is 0 Å². The smallest absolute Gasteiger partial charge is 0.125 e. The molecule has 1 aromatic rings. The molecule has 1 atom stereocenters. The van der Waals surface area contributed by atoms with Gasteiger partial charge in [0.1, 0.15) is 5.82 Å². The Morgan fingerprint density at radius 3 is 2.88 bits per heavy atom. The molecule has 1 nitrogen and oxygen atoms in total. The van der Waals surface area contributed by atoms with Gasteiger partial charge in [0, 0.05) is 21.6 Å². The maximum absolute atomic E-state index is 13.5. The minimum atomic E-state index is -0.251. The van der Waals surface area contributed by atoms with Gasteiger partial charge >= 0.3 is 0 Å². The molecule has 0 spiro atoms. The van der Waals surface area contributed by atoms with Crippen molar-refractivity contribution in [3.8, 4) is 0 Å². The van der Waals surface area contributed by atoms with Crippen molar-refractivity contribution < 1.29 is 4.39 Å². The van der Waals surface area contributed by atoms with Crippen molar-refractivity contribution >= 4 is 23.4 Å². The monoisotopic (exact) mass is 273 g/mol. The van der Waals surface area contributed by atoms with Crippen LogP contribution in [-0.4, -0.2) is 11.3 Å². The van der Waals surface area contributed by atoms with Gasteiger partial charge in [-0.15, -0.1) is 11.8 Å². The van der Waals surface area contributed by atoms with E-state index in [1.165, 1.54) is 6.07 Å². The lowest BCUT2D eigenvalue weighted by molar-refractivity contribution is 0.447. The predicted molar refractivity (Wildman–Crippen MR) is 73.2 cm³/mol. The summed E-state index contributed by atoms with van der Waals surface area (Å²) in [7, 11) is 0. The van der Waals surface area contributed by atoms with Gasteiger partial charge in [0.2, 0.25) is 0 Å². The van der Waals surface area contributed by atoms with E-state index in [9.17, 15) is 4.39 Å². The van der Waals surface area contributed by atoms with Gasteiger partial charge in [-0.3, -0.25) is 0 Å². The highest BCUT2D eigenvalue weighted by Gasteiger charge is 2.37. The lowest BCUT2D eigenvalue weighted by Crippen LogP contribution is -2.40. The quantitative estimate of drug-likeness (QED) is 0.869. The van der Waals surface area contributed by atoms with Crippen molar-refractivity contribution in [3.05, 3.63) is 34.1 Å². The summed E-state index contributed by atoms with van der Waals surface area (Å²) >= 11 is 7.99. The van der Waals surface area contributed by atoms with E-state index in [0.717, 1.165) is 23.4 Å². The van der Waals surface area contributed by atoms with E-state index in [4.69, 9.17) is 11.6 Å². The van der Waals surface area contributed by atoms with Crippen LogP contribution < -0.4 is 5.32 Å². The molecule has 94 valence electrons. The molecule has 1 aliphatic rings. The average Bonchev–Trinajstić information content (AvgIpc) is 2.22. The molecule has 17 heavy (non-hydrogen) atoms. The molecule has 0 radical (unpaired) electrons. The summed E-state index contributed by atoms with van der Waals surface area (Å²) in [5.41, 5.74) is 2.09. The van der Waals surface area contributed by atoms with Gasteiger partial charge in [0.15, 0.2) is 0 Å². The highest BCUT2D eigenvalue weighted by atomic mass is 35.5. The SMILES string of the molecule is CCNC1c2cc(F)cc(Cl)c2CSC1(C)C. The van der Waals surface area contributed by atoms with Crippen molar-refractivity contribution in [3.63, 3.8) is 0 Å². The second-order valence-corrected chi connectivity index (χ2v) is 6.87. The molecule has 1 heterocycles. The van der Waals surface area contributed by atoms with E-state index in [2.05, 4.69) is 26.1 Å². The van der Waals surface area contributed by atoms with Crippen molar-refractivity contribution in [1.29, 1.82) is 0 Å². The second-order valence-electron chi connectivity index (χ2n) is 4.84. The van der Waals surface area contributed by atoms with E-state index in [1.807, 2.05) is 11.8 Å². The number of thioether (sulfide) groups is 1. The third-order valence-electron chi connectivity index (χ3n) is 3.20. The topological polar surface area (TPSA) is 12.0 Å². The van der Waals surface area contributed by atoms with Crippen LogP contribution in [0.15, 0.2) is 12.1 Å². The summed E-state index contributed by atoms with van der Waals surface area (Å²) < 4.78 is 13.6. The Bertz CT molecular complexity index is 434. The Morgan fingerprint density at radius 1 is 1.53 bits per heavy atom. The van der Waals surface area contributed by atoms with Gasteiger partial charge in [0.25, 0.3) is 0 Å². The van der Waals surface area contributed by atoms with Crippen molar-refractivity contribution in [2.75, 3.05) is 6.54 Å². The van der Waals surface area contributed by atoms with E-state index >= 15 is 0 Å². The summed E-state index contributed by atoms with van der Waals surface area (Å²) in [6, 6.07) is 3.17. The largest absolute Gasteiger partial charge is 0.309 e. The van der Waals surface area contributed by atoms with Gasteiger partial charge in [-0.05, 0) is 43.7 Å². The lowest BCUT2D eigenvalue weighted by atomic mass is 9.91. The maximum atomic E-state index is 13.5. The van der Waals surface area contributed by atoms with Gasteiger partial charge in [-0.25, -0.2) is 4.39 Å². The van der Waals surface area contributed by atoms with E-state index in [-0.39, 0.29) is 16.6 Å². The predicted octanol–water partition coefficient (Wildman–Crippen LogP) is 4.16. The summed E-state index contributed by atoms with van der Waals surface area (Å²) in [4.78, 5) is 0. The Morgan fingerprint density at radius 2 is 2.24 bits per heavy atom. The highest BCUT2D eigenvalue weighted by molar-refractivity contribution is 8.00. The third kappa shape index (κ3) is 2.47. The zero-order valence-corrected chi connectivity index (χ0v) is 11.9. The molecule has 1 unspecified atom stereocenters. The van der Waals surface area contributed by atoms with Gasteiger partial charge in [0.05, 0.1) is 0 Å². The highest BCUT2D eigenvalue weighted by Crippen LogP contribution is 2.47. The number of nitrogens with one attached hydrogen (secondary N) is 1. The Labute approximate surface area is 111 Å². The Kier molecular flexibility index (Phi) is 3.71. The van der Waals surface area contributed by atoms with Crippen molar-refractivity contribution in [2.24, 2.45) is 0 Å². The second kappa shape index (κ2) is 4.79. The van der Waals surface area contributed by atoms with Crippen LogP contribution in [0.1, 0.15) is 37.9 Å². The summed E-state index contributed by atoms with van der Waals surface area (Å²) in [6.45, 7) is 7.30. The Balaban J connectivity index is 2.52. The maximum Gasteiger partial charge on any atom is 0.125 e. The third-order valence-corrected chi connectivity index (χ3v) is 4.95. The number of halogens is 2. The zero-order chi connectivity index (χ0) is 12.6. The van der Waals surface area contributed by atoms with Crippen molar-refractivity contribution in [2.45, 2.75) is 37.3 Å². The molecule has 1 N–H and O–H groups in total. The van der Waals surface area contributed by atoms with Crippen LogP contribution in [0, 0.1) is 5.82 Å². The molecule has 0 fully saturated rings. The number of rotatable bonds is 2. The molecule has 0 aliphatic carbocycles. The van der Waals surface area contributed by atoms with Crippen LogP contribution in [-0.2, 0) is 5.75 Å². The molecule has 4 heteroatoms. The first-order valence-electron chi connectivity index (χ1n) is 5.81. The normalized spacial score (nSPS) is 22.3. The van der Waals surface area contributed by atoms with Crippen molar-refractivity contribution in [1.82, 2.24) is 5.32 Å². The molecular formula is C13H17ClFNS. The average molecular weight is 274 g/mol. The van der Waals surface area contributed by atoms with E-state index < -0.39 is 0 Å². The lowest BCUT2D eigenvalue weighted by Gasteiger charge is -2.40. The molecule has 0 aromatic heterocycles. The summed E-state index contributed by atoms with van der Waals surface area (Å²) in [5.74, 6) is 0.600. The van der Waals surface area contributed by atoms with Crippen LogP contribution in [0.25, 0.3) is 0 Å². The summed E-state index contributed by atoms with van der Waals surface area (Å²) in [6.07, 6.45) is 0. The molecule has 0 saturated carbocycles. The number of fused-ring (bicyclic) bond motifs is 1. The van der Waals surface area contributed by atoms with Crippen LogP contribution in [0.2, 0.25) is 5.02 Å².